The van der Waals surface area contributed by atoms with E-state index in [1.54, 1.807) is 6.33 Å². The lowest BCUT2D eigenvalue weighted by atomic mass is 10.0. The van der Waals surface area contributed by atoms with Gasteiger partial charge in [-0.2, -0.15) is 0 Å². The molecule has 4 heterocycles. The highest BCUT2D eigenvalue weighted by molar-refractivity contribution is 5.40. The van der Waals surface area contributed by atoms with Gasteiger partial charge in [-0.3, -0.25) is 4.90 Å². The number of nitrogens with zero attached hydrogens (tertiary/aromatic N) is 5. The summed E-state index contributed by atoms with van der Waals surface area (Å²) in [5.41, 5.74) is 3.32. The van der Waals surface area contributed by atoms with Crippen LogP contribution in [-0.4, -0.2) is 46.2 Å². The minimum absolute atomic E-state index is 0.728. The predicted molar refractivity (Wildman–Crippen MR) is 87.2 cm³/mol. The third kappa shape index (κ3) is 2.72. The highest BCUT2D eigenvalue weighted by Crippen LogP contribution is 2.34. The van der Waals surface area contributed by atoms with Crippen LogP contribution in [0.5, 0.6) is 0 Å². The van der Waals surface area contributed by atoms with Crippen LogP contribution in [0.25, 0.3) is 0 Å². The standard InChI is InChI=1S/C17H23N5O/c1-11-4-17(19-10-18-11)22-7-14-5-21(6-15(14)8-22)9-16-12(2)20-23-13(16)3/h4,10,14-15H,5-9H2,1-3H3. The summed E-state index contributed by atoms with van der Waals surface area (Å²) in [6.45, 7) is 11.5. The lowest BCUT2D eigenvalue weighted by Crippen LogP contribution is -2.29. The third-order valence-corrected chi connectivity index (χ3v) is 5.24. The monoisotopic (exact) mass is 313 g/mol. The van der Waals surface area contributed by atoms with Crippen LogP contribution in [0.4, 0.5) is 5.82 Å². The largest absolute Gasteiger partial charge is 0.361 e. The van der Waals surface area contributed by atoms with Crippen LogP contribution < -0.4 is 4.90 Å². The molecular weight excluding hydrogens is 290 g/mol. The number of fused-ring (bicyclic) bond motifs is 1. The van der Waals surface area contributed by atoms with Crippen molar-refractivity contribution in [2.24, 2.45) is 11.8 Å². The Bertz CT molecular complexity index is 679. The molecule has 0 spiro atoms. The van der Waals surface area contributed by atoms with Crippen molar-refractivity contribution < 1.29 is 4.52 Å². The van der Waals surface area contributed by atoms with Gasteiger partial charge in [0.25, 0.3) is 0 Å². The molecule has 0 amide bonds. The Balaban J connectivity index is 1.40. The molecule has 0 aliphatic carbocycles. The van der Waals surface area contributed by atoms with E-state index in [1.807, 2.05) is 20.8 Å². The quantitative estimate of drug-likeness (QED) is 0.863. The van der Waals surface area contributed by atoms with Crippen molar-refractivity contribution in [3.8, 4) is 0 Å². The molecule has 0 N–H and O–H groups in total. The fourth-order valence-electron chi connectivity index (χ4n) is 3.97. The summed E-state index contributed by atoms with van der Waals surface area (Å²) < 4.78 is 5.29. The first-order chi connectivity index (χ1) is 11.1. The van der Waals surface area contributed by atoms with Gasteiger partial charge >= 0.3 is 0 Å². The molecule has 2 atom stereocenters. The van der Waals surface area contributed by atoms with Crippen LogP contribution in [-0.2, 0) is 6.54 Å². The van der Waals surface area contributed by atoms with Crippen molar-refractivity contribution in [2.45, 2.75) is 27.3 Å². The Kier molecular flexibility index (Phi) is 3.56. The van der Waals surface area contributed by atoms with Gasteiger partial charge in [0.05, 0.1) is 5.69 Å². The summed E-state index contributed by atoms with van der Waals surface area (Å²) in [5, 5.41) is 4.07. The molecule has 23 heavy (non-hydrogen) atoms. The van der Waals surface area contributed by atoms with Crippen molar-refractivity contribution in [1.82, 2.24) is 20.0 Å². The van der Waals surface area contributed by atoms with Crippen LogP contribution in [0.1, 0.15) is 22.7 Å². The molecule has 2 aliphatic heterocycles. The number of likely N-dealkylation sites (tertiary alicyclic amines) is 1. The van der Waals surface area contributed by atoms with E-state index in [4.69, 9.17) is 4.52 Å². The molecule has 0 bridgehead atoms. The van der Waals surface area contributed by atoms with E-state index >= 15 is 0 Å². The first-order valence-electron chi connectivity index (χ1n) is 8.28. The summed E-state index contributed by atoms with van der Waals surface area (Å²) in [7, 11) is 0. The second-order valence-corrected chi connectivity index (χ2v) is 6.94. The van der Waals surface area contributed by atoms with Gasteiger partial charge in [0.15, 0.2) is 0 Å². The average Bonchev–Trinajstić information content (AvgIpc) is 3.16. The summed E-state index contributed by atoms with van der Waals surface area (Å²) in [5.74, 6) is 3.48. The van der Waals surface area contributed by atoms with E-state index in [0.717, 1.165) is 67.5 Å². The lowest BCUT2D eigenvalue weighted by molar-refractivity contribution is 0.305. The molecular formula is C17H23N5O. The van der Waals surface area contributed by atoms with E-state index in [1.165, 1.54) is 5.56 Å². The summed E-state index contributed by atoms with van der Waals surface area (Å²) in [6.07, 6.45) is 1.67. The van der Waals surface area contributed by atoms with Crippen LogP contribution >= 0.6 is 0 Å². The van der Waals surface area contributed by atoms with Gasteiger partial charge in [-0.25, -0.2) is 9.97 Å². The third-order valence-electron chi connectivity index (χ3n) is 5.24. The van der Waals surface area contributed by atoms with Crippen molar-refractivity contribution in [1.29, 1.82) is 0 Å². The van der Waals surface area contributed by atoms with E-state index in [-0.39, 0.29) is 0 Å². The van der Waals surface area contributed by atoms with Crippen molar-refractivity contribution >= 4 is 5.82 Å². The predicted octanol–water partition coefficient (Wildman–Crippen LogP) is 1.96. The van der Waals surface area contributed by atoms with E-state index in [2.05, 4.69) is 31.0 Å². The second-order valence-electron chi connectivity index (χ2n) is 6.94. The Hall–Kier alpha value is -1.95. The topological polar surface area (TPSA) is 58.3 Å². The molecule has 2 saturated heterocycles. The van der Waals surface area contributed by atoms with Gasteiger partial charge < -0.3 is 9.42 Å². The SMILES string of the molecule is Cc1cc(N2CC3CN(Cc4c(C)noc4C)CC3C2)ncn1. The maximum atomic E-state index is 5.29. The number of hydrogen-bond acceptors (Lipinski definition) is 6. The van der Waals surface area contributed by atoms with Crippen LogP contribution in [0.2, 0.25) is 0 Å². The zero-order valence-corrected chi connectivity index (χ0v) is 14.0. The number of rotatable bonds is 3. The summed E-state index contributed by atoms with van der Waals surface area (Å²) in [4.78, 5) is 13.6. The van der Waals surface area contributed by atoms with E-state index in [9.17, 15) is 0 Å². The molecule has 2 aromatic heterocycles. The average molecular weight is 313 g/mol. The fourth-order valence-corrected chi connectivity index (χ4v) is 3.97. The number of anilines is 1. The molecule has 0 saturated carbocycles. The molecule has 2 unspecified atom stereocenters. The Morgan fingerprint density at radius 3 is 2.43 bits per heavy atom. The molecule has 2 fully saturated rings. The van der Waals surface area contributed by atoms with Gasteiger partial charge in [-0.1, -0.05) is 5.16 Å². The van der Waals surface area contributed by atoms with Crippen LogP contribution in [0.3, 0.4) is 0 Å². The van der Waals surface area contributed by atoms with Crippen LogP contribution in [0, 0.1) is 32.6 Å². The van der Waals surface area contributed by atoms with Gasteiger partial charge in [0.2, 0.25) is 0 Å². The van der Waals surface area contributed by atoms with Crippen molar-refractivity contribution in [2.75, 3.05) is 31.1 Å². The molecule has 4 rings (SSSR count). The fraction of sp³-hybridized carbons (Fsp3) is 0.588. The highest BCUT2D eigenvalue weighted by atomic mass is 16.5. The number of hydrogen-bond donors (Lipinski definition) is 0. The van der Waals surface area contributed by atoms with Gasteiger partial charge in [0, 0.05) is 50.0 Å². The molecule has 2 aromatic rings. The molecule has 0 aromatic carbocycles. The molecule has 6 nitrogen and oxygen atoms in total. The van der Waals surface area contributed by atoms with Crippen molar-refractivity contribution in [3.05, 3.63) is 35.1 Å². The zero-order valence-electron chi connectivity index (χ0n) is 14.0. The van der Waals surface area contributed by atoms with Gasteiger partial charge in [0.1, 0.15) is 17.9 Å². The number of aromatic nitrogens is 3. The molecule has 0 radical (unpaired) electrons. The van der Waals surface area contributed by atoms with Gasteiger partial charge in [-0.15, -0.1) is 0 Å². The lowest BCUT2D eigenvalue weighted by Gasteiger charge is -2.22. The Morgan fingerprint density at radius 2 is 1.83 bits per heavy atom. The maximum absolute atomic E-state index is 5.29. The minimum Gasteiger partial charge on any atom is -0.361 e. The van der Waals surface area contributed by atoms with E-state index in [0.29, 0.717) is 0 Å². The van der Waals surface area contributed by atoms with E-state index < -0.39 is 0 Å². The smallest absolute Gasteiger partial charge is 0.138 e. The minimum atomic E-state index is 0.728. The molecule has 6 heteroatoms. The molecule has 2 aliphatic rings. The second kappa shape index (κ2) is 5.60. The number of aryl methyl sites for hydroxylation is 3. The normalized spacial score (nSPS) is 24.4. The van der Waals surface area contributed by atoms with Crippen LogP contribution in [0.15, 0.2) is 16.9 Å². The molecule has 122 valence electrons. The zero-order chi connectivity index (χ0) is 16.0. The Labute approximate surface area is 136 Å². The Morgan fingerprint density at radius 1 is 1.09 bits per heavy atom. The summed E-state index contributed by atoms with van der Waals surface area (Å²) in [6, 6.07) is 2.09. The maximum Gasteiger partial charge on any atom is 0.138 e. The van der Waals surface area contributed by atoms with Crippen molar-refractivity contribution in [3.63, 3.8) is 0 Å². The first kappa shape index (κ1) is 14.6. The van der Waals surface area contributed by atoms with Gasteiger partial charge in [-0.05, 0) is 32.6 Å². The highest BCUT2D eigenvalue weighted by Gasteiger charge is 2.40. The summed E-state index contributed by atoms with van der Waals surface area (Å²) >= 11 is 0. The first-order valence-corrected chi connectivity index (χ1v) is 8.28.